The maximum atomic E-state index is 10.9. The number of rotatable bonds is 3. The first-order valence-corrected chi connectivity index (χ1v) is 5.59. The van der Waals surface area contributed by atoms with E-state index in [-0.39, 0.29) is 28.6 Å². The van der Waals surface area contributed by atoms with Crippen molar-refractivity contribution in [1.29, 1.82) is 0 Å². The van der Waals surface area contributed by atoms with E-state index in [1.807, 2.05) is 0 Å². The van der Waals surface area contributed by atoms with Crippen molar-refractivity contribution in [3.8, 4) is 11.6 Å². The van der Waals surface area contributed by atoms with Gasteiger partial charge in [-0.1, -0.05) is 19.0 Å². The fraction of sp³-hybridized carbons (Fsp3) is 0.455. The van der Waals surface area contributed by atoms with E-state index in [1.54, 1.807) is 0 Å². The molecule has 3 rings (SSSR count). The van der Waals surface area contributed by atoms with Crippen LogP contribution in [0.25, 0.3) is 11.6 Å². The second-order valence-corrected chi connectivity index (χ2v) is 5.13. The molecular weight excluding hydrogens is 236 g/mol. The summed E-state index contributed by atoms with van der Waals surface area (Å²) in [4.78, 5) is 21.6. The molecule has 2 N–H and O–H groups in total. The van der Waals surface area contributed by atoms with Gasteiger partial charge in [0.05, 0.1) is 6.33 Å². The van der Waals surface area contributed by atoms with Gasteiger partial charge >= 0.3 is 5.97 Å². The Morgan fingerprint density at radius 2 is 2.33 bits per heavy atom. The van der Waals surface area contributed by atoms with Gasteiger partial charge in [-0.25, -0.2) is 9.78 Å². The third-order valence-electron chi connectivity index (χ3n) is 3.32. The van der Waals surface area contributed by atoms with Crippen molar-refractivity contribution in [3.63, 3.8) is 0 Å². The molecule has 1 aliphatic carbocycles. The Labute approximate surface area is 102 Å². The number of nitrogens with zero attached hydrogens (tertiary/aromatic N) is 3. The minimum atomic E-state index is -1.13. The normalized spacial score (nSPS) is 20.9. The maximum absolute atomic E-state index is 10.9. The summed E-state index contributed by atoms with van der Waals surface area (Å²) < 4.78 is 5.10. The van der Waals surface area contributed by atoms with Crippen LogP contribution in [0.4, 0.5) is 0 Å². The van der Waals surface area contributed by atoms with E-state index in [2.05, 4.69) is 34.0 Å². The Morgan fingerprint density at radius 1 is 1.61 bits per heavy atom. The van der Waals surface area contributed by atoms with E-state index in [0.717, 1.165) is 6.42 Å². The molecule has 7 heteroatoms. The van der Waals surface area contributed by atoms with Crippen LogP contribution in [0.15, 0.2) is 10.9 Å². The van der Waals surface area contributed by atoms with Gasteiger partial charge in [-0.3, -0.25) is 0 Å². The standard InChI is InChI=1S/C11H12N4O3/c1-11(2)3-5(11)8-14-9(18-15-8)6-7(10(16)17)13-4-12-6/h4-5H,3H2,1-2H3,(H,12,13)(H,16,17). The molecule has 18 heavy (non-hydrogen) atoms. The van der Waals surface area contributed by atoms with Gasteiger partial charge in [0.2, 0.25) is 0 Å². The summed E-state index contributed by atoms with van der Waals surface area (Å²) >= 11 is 0. The van der Waals surface area contributed by atoms with E-state index in [1.165, 1.54) is 6.33 Å². The van der Waals surface area contributed by atoms with Crippen molar-refractivity contribution in [3.05, 3.63) is 17.8 Å². The van der Waals surface area contributed by atoms with Crippen LogP contribution in [0, 0.1) is 5.41 Å². The van der Waals surface area contributed by atoms with Crippen LogP contribution in [0.5, 0.6) is 0 Å². The largest absolute Gasteiger partial charge is 0.476 e. The zero-order valence-corrected chi connectivity index (χ0v) is 9.97. The van der Waals surface area contributed by atoms with E-state index in [4.69, 9.17) is 9.63 Å². The summed E-state index contributed by atoms with van der Waals surface area (Å²) in [7, 11) is 0. The van der Waals surface area contributed by atoms with E-state index in [9.17, 15) is 4.79 Å². The molecule has 0 saturated heterocycles. The predicted molar refractivity (Wildman–Crippen MR) is 60.0 cm³/mol. The van der Waals surface area contributed by atoms with Crippen LogP contribution in [-0.4, -0.2) is 31.2 Å². The number of carboxylic acid groups (broad SMARTS) is 1. The van der Waals surface area contributed by atoms with Crippen LogP contribution in [-0.2, 0) is 0 Å². The number of hydrogen-bond acceptors (Lipinski definition) is 5. The number of H-pyrrole nitrogens is 1. The van der Waals surface area contributed by atoms with Gasteiger partial charge in [-0.2, -0.15) is 4.98 Å². The van der Waals surface area contributed by atoms with Gasteiger partial charge in [0.15, 0.2) is 11.5 Å². The lowest BCUT2D eigenvalue weighted by Crippen LogP contribution is -1.99. The molecule has 1 fully saturated rings. The van der Waals surface area contributed by atoms with Crippen LogP contribution >= 0.6 is 0 Å². The van der Waals surface area contributed by atoms with Gasteiger partial charge in [0, 0.05) is 5.92 Å². The molecule has 0 aromatic carbocycles. The van der Waals surface area contributed by atoms with Crippen molar-refractivity contribution < 1.29 is 14.4 Å². The Bertz CT molecular complexity index is 613. The minimum Gasteiger partial charge on any atom is -0.476 e. The molecule has 1 saturated carbocycles. The number of aromatic nitrogens is 4. The highest BCUT2D eigenvalue weighted by atomic mass is 16.5. The smallest absolute Gasteiger partial charge is 0.356 e. The summed E-state index contributed by atoms with van der Waals surface area (Å²) in [5.41, 5.74) is 0.338. The second kappa shape index (κ2) is 3.41. The van der Waals surface area contributed by atoms with Crippen LogP contribution in [0.2, 0.25) is 0 Å². The fourth-order valence-corrected chi connectivity index (χ4v) is 2.01. The number of imidazole rings is 1. The monoisotopic (exact) mass is 248 g/mol. The number of carbonyl (C=O) groups is 1. The SMILES string of the molecule is CC1(C)CC1c1noc(-c2[nH]cnc2C(=O)O)n1. The summed E-state index contributed by atoms with van der Waals surface area (Å²) in [6.07, 6.45) is 2.31. The predicted octanol–water partition coefficient (Wildman–Crippen LogP) is 1.67. The molecule has 2 aromatic rings. The molecule has 0 spiro atoms. The summed E-state index contributed by atoms with van der Waals surface area (Å²) in [5.74, 6) is -0.0486. The van der Waals surface area contributed by atoms with Crippen molar-refractivity contribution in [2.45, 2.75) is 26.2 Å². The Hall–Kier alpha value is -2.18. The van der Waals surface area contributed by atoms with Crippen LogP contribution < -0.4 is 0 Å². The number of aromatic amines is 1. The first-order valence-electron chi connectivity index (χ1n) is 5.59. The Morgan fingerprint density at radius 3 is 2.94 bits per heavy atom. The lowest BCUT2D eigenvalue weighted by molar-refractivity contribution is 0.0691. The first kappa shape index (κ1) is 10.9. The molecule has 0 aliphatic heterocycles. The highest BCUT2D eigenvalue weighted by molar-refractivity contribution is 5.91. The maximum Gasteiger partial charge on any atom is 0.356 e. The number of nitrogens with one attached hydrogen (secondary N) is 1. The number of aromatic carboxylic acids is 1. The van der Waals surface area contributed by atoms with Crippen LogP contribution in [0.3, 0.4) is 0 Å². The third-order valence-corrected chi connectivity index (χ3v) is 3.32. The van der Waals surface area contributed by atoms with Gasteiger partial charge < -0.3 is 14.6 Å². The molecule has 2 heterocycles. The highest BCUT2D eigenvalue weighted by Gasteiger charge is 2.49. The van der Waals surface area contributed by atoms with Crippen LogP contribution in [0.1, 0.15) is 42.5 Å². The van der Waals surface area contributed by atoms with Gasteiger partial charge in [-0.05, 0) is 11.8 Å². The molecule has 2 aromatic heterocycles. The fourth-order valence-electron chi connectivity index (χ4n) is 2.01. The molecule has 0 amide bonds. The van der Waals surface area contributed by atoms with E-state index >= 15 is 0 Å². The van der Waals surface area contributed by atoms with E-state index in [0.29, 0.717) is 5.82 Å². The topological polar surface area (TPSA) is 105 Å². The van der Waals surface area contributed by atoms with E-state index < -0.39 is 5.97 Å². The molecule has 7 nitrogen and oxygen atoms in total. The van der Waals surface area contributed by atoms with Crippen molar-refractivity contribution in [2.24, 2.45) is 5.41 Å². The Kier molecular flexibility index (Phi) is 2.07. The average molecular weight is 248 g/mol. The molecule has 94 valence electrons. The van der Waals surface area contributed by atoms with Crippen molar-refractivity contribution in [1.82, 2.24) is 20.1 Å². The number of hydrogen-bond donors (Lipinski definition) is 2. The lowest BCUT2D eigenvalue weighted by atomic mass is 10.1. The van der Waals surface area contributed by atoms with Gasteiger partial charge in [0.1, 0.15) is 5.69 Å². The zero-order valence-electron chi connectivity index (χ0n) is 9.97. The quantitative estimate of drug-likeness (QED) is 0.855. The molecule has 1 unspecified atom stereocenters. The third kappa shape index (κ3) is 1.59. The number of carboxylic acids is 1. The lowest BCUT2D eigenvalue weighted by Gasteiger charge is -1.95. The van der Waals surface area contributed by atoms with Gasteiger partial charge in [-0.15, -0.1) is 0 Å². The Balaban J connectivity index is 1.94. The minimum absolute atomic E-state index is 0.111. The molecule has 1 atom stereocenters. The molecule has 1 aliphatic rings. The molecular formula is C11H12N4O3. The molecule has 0 bridgehead atoms. The second-order valence-electron chi connectivity index (χ2n) is 5.13. The summed E-state index contributed by atoms with van der Waals surface area (Å²) in [5, 5.41) is 12.9. The summed E-state index contributed by atoms with van der Waals surface area (Å²) in [6, 6.07) is 0. The highest BCUT2D eigenvalue weighted by Crippen LogP contribution is 2.57. The van der Waals surface area contributed by atoms with Crippen molar-refractivity contribution in [2.75, 3.05) is 0 Å². The zero-order chi connectivity index (χ0) is 12.9. The first-order chi connectivity index (χ1) is 8.49. The van der Waals surface area contributed by atoms with Gasteiger partial charge in [0.25, 0.3) is 5.89 Å². The van der Waals surface area contributed by atoms with Crippen molar-refractivity contribution >= 4 is 5.97 Å². The summed E-state index contributed by atoms with van der Waals surface area (Å²) in [6.45, 7) is 4.26. The average Bonchev–Trinajstić information content (AvgIpc) is 2.81. The molecule has 0 radical (unpaired) electrons.